The minimum atomic E-state index is -1.39. The van der Waals surface area contributed by atoms with E-state index >= 15 is 0 Å². The van der Waals surface area contributed by atoms with E-state index in [1.165, 1.54) is 4.90 Å². The third-order valence-corrected chi connectivity index (χ3v) is 7.37. The molecule has 0 bridgehead atoms. The predicted octanol–water partition coefficient (Wildman–Crippen LogP) is 4.16. The number of amides is 1. The fourth-order valence-electron chi connectivity index (χ4n) is 5.64. The predicted molar refractivity (Wildman–Crippen MR) is 133 cm³/mol. The van der Waals surface area contributed by atoms with Gasteiger partial charge in [-0.2, -0.15) is 0 Å². The summed E-state index contributed by atoms with van der Waals surface area (Å²) in [5.41, 5.74) is 1.46. The molecule has 1 aromatic heterocycles. The van der Waals surface area contributed by atoms with E-state index in [9.17, 15) is 23.1 Å². The molecule has 2 saturated heterocycles. The lowest BCUT2D eigenvalue weighted by atomic mass is 9.79. The molecule has 2 aromatic carbocycles. The highest BCUT2D eigenvalue weighted by atomic mass is 19.1. The smallest absolute Gasteiger partial charge is 0.253 e. The van der Waals surface area contributed by atoms with Gasteiger partial charge in [0.25, 0.3) is 5.91 Å². The number of aromatic amines is 1. The first kappa shape index (κ1) is 25.5. The summed E-state index contributed by atoms with van der Waals surface area (Å²) in [4.78, 5) is 22.9. The number of H-pyrrole nitrogens is 1. The monoisotopic (exact) mass is 512 g/mol. The van der Waals surface area contributed by atoms with E-state index in [1.807, 2.05) is 51.1 Å². The summed E-state index contributed by atoms with van der Waals surface area (Å²) in [6, 6.07) is 11.4. The SMILES string of the molecule is CC(C)(C)C(c1nc(-c2cc(F)ccc2F)[nH]c1Cc1ccccc1)N1CC2C(F)CNC2[C@H](O)C1=O. The number of carbonyl (C=O) groups is 1. The second-order valence-electron chi connectivity index (χ2n) is 11.1. The van der Waals surface area contributed by atoms with Crippen molar-refractivity contribution in [2.75, 3.05) is 13.1 Å². The Morgan fingerprint density at radius 3 is 2.59 bits per heavy atom. The minimum Gasteiger partial charge on any atom is -0.382 e. The Balaban J connectivity index is 1.64. The standard InChI is InChI=1S/C28H31F3N4O2/c1-28(2,3)25(35-14-18-20(31)13-32-22(18)24(36)27(35)37)23-21(11-15-7-5-4-6-8-15)33-26(34-23)17-12-16(29)9-10-19(17)30/h4-10,12,18,20,22,24-25,32,36H,11,13-14H2,1-3H3,(H,33,34)/t18?,20?,22?,24-,25?/m0/s1. The largest absolute Gasteiger partial charge is 0.382 e. The number of rotatable bonds is 5. The van der Waals surface area contributed by atoms with E-state index in [0.29, 0.717) is 17.8 Å². The number of alkyl halides is 1. The van der Waals surface area contributed by atoms with Crippen LogP contribution < -0.4 is 5.32 Å². The zero-order valence-corrected chi connectivity index (χ0v) is 21.0. The number of hydrogen-bond donors (Lipinski definition) is 3. The van der Waals surface area contributed by atoms with Gasteiger partial charge in [-0.05, 0) is 29.2 Å². The zero-order chi connectivity index (χ0) is 26.5. The normalized spacial score (nSPS) is 24.8. The number of nitrogens with one attached hydrogen (secondary N) is 2. The van der Waals surface area contributed by atoms with Crippen molar-refractivity contribution in [2.45, 2.75) is 51.6 Å². The highest BCUT2D eigenvalue weighted by molar-refractivity contribution is 5.83. The second-order valence-corrected chi connectivity index (χ2v) is 11.1. The van der Waals surface area contributed by atoms with Gasteiger partial charge in [-0.1, -0.05) is 51.1 Å². The zero-order valence-electron chi connectivity index (χ0n) is 21.0. The second kappa shape index (κ2) is 9.61. The maximum absolute atomic E-state index is 14.8. The molecule has 37 heavy (non-hydrogen) atoms. The number of imidazole rings is 1. The lowest BCUT2D eigenvalue weighted by Gasteiger charge is -2.46. The minimum absolute atomic E-state index is 0.0258. The van der Waals surface area contributed by atoms with Crippen molar-refractivity contribution in [1.29, 1.82) is 0 Å². The van der Waals surface area contributed by atoms with Gasteiger partial charge in [0.05, 0.1) is 17.3 Å². The summed E-state index contributed by atoms with van der Waals surface area (Å²) in [5.74, 6) is -2.16. The fourth-order valence-corrected chi connectivity index (χ4v) is 5.64. The van der Waals surface area contributed by atoms with E-state index in [2.05, 4.69) is 10.3 Å². The Morgan fingerprint density at radius 1 is 1.16 bits per heavy atom. The van der Waals surface area contributed by atoms with Crippen LogP contribution in [0.1, 0.15) is 43.8 Å². The van der Waals surface area contributed by atoms with E-state index in [4.69, 9.17) is 4.98 Å². The number of aliphatic hydroxyl groups is 1. The highest BCUT2D eigenvalue weighted by Gasteiger charge is 2.52. The summed E-state index contributed by atoms with van der Waals surface area (Å²) in [6.45, 7) is 6.00. The number of benzene rings is 2. The van der Waals surface area contributed by atoms with Crippen LogP contribution in [0.25, 0.3) is 11.4 Å². The average Bonchev–Trinajstić information content (AvgIpc) is 3.42. The molecular formula is C28H31F3N4O2. The third-order valence-electron chi connectivity index (χ3n) is 7.37. The van der Waals surface area contributed by atoms with Crippen LogP contribution in [0.5, 0.6) is 0 Å². The van der Waals surface area contributed by atoms with Crippen LogP contribution in [-0.2, 0) is 11.2 Å². The molecule has 0 spiro atoms. The number of hydrogen-bond acceptors (Lipinski definition) is 4. The molecule has 0 saturated carbocycles. The maximum Gasteiger partial charge on any atom is 0.253 e. The van der Waals surface area contributed by atoms with Crippen molar-refractivity contribution in [2.24, 2.45) is 11.3 Å². The molecule has 9 heteroatoms. The van der Waals surface area contributed by atoms with Gasteiger partial charge >= 0.3 is 0 Å². The van der Waals surface area contributed by atoms with Crippen LogP contribution in [0.4, 0.5) is 13.2 Å². The van der Waals surface area contributed by atoms with E-state index < -0.39 is 53.2 Å². The van der Waals surface area contributed by atoms with Crippen molar-refractivity contribution in [3.63, 3.8) is 0 Å². The number of piperidine rings is 1. The van der Waals surface area contributed by atoms with Gasteiger partial charge in [-0.3, -0.25) is 4.79 Å². The van der Waals surface area contributed by atoms with Crippen molar-refractivity contribution in [3.05, 3.63) is 77.1 Å². The molecule has 4 unspecified atom stereocenters. The molecule has 2 aliphatic rings. The third kappa shape index (κ3) is 4.78. The molecule has 6 nitrogen and oxygen atoms in total. The molecular weight excluding hydrogens is 481 g/mol. The first-order chi connectivity index (χ1) is 17.5. The van der Waals surface area contributed by atoms with E-state index in [1.54, 1.807) is 0 Å². The van der Waals surface area contributed by atoms with Crippen LogP contribution in [0.2, 0.25) is 0 Å². The van der Waals surface area contributed by atoms with Crippen molar-refractivity contribution >= 4 is 5.91 Å². The maximum atomic E-state index is 14.8. The molecule has 3 aromatic rings. The first-order valence-corrected chi connectivity index (χ1v) is 12.5. The molecule has 2 fully saturated rings. The van der Waals surface area contributed by atoms with Crippen LogP contribution in [0.3, 0.4) is 0 Å². The Kier molecular flexibility index (Phi) is 6.62. The molecule has 1 amide bonds. The number of fused-ring (bicyclic) bond motifs is 1. The topological polar surface area (TPSA) is 81.2 Å². The van der Waals surface area contributed by atoms with Crippen molar-refractivity contribution < 1.29 is 23.1 Å². The van der Waals surface area contributed by atoms with Crippen LogP contribution in [0, 0.1) is 23.0 Å². The number of aliphatic hydroxyl groups excluding tert-OH is 1. The molecule has 5 rings (SSSR count). The van der Waals surface area contributed by atoms with Gasteiger partial charge in [0.2, 0.25) is 0 Å². The summed E-state index contributed by atoms with van der Waals surface area (Å²) >= 11 is 0. The van der Waals surface area contributed by atoms with Gasteiger partial charge in [-0.25, -0.2) is 18.2 Å². The summed E-state index contributed by atoms with van der Waals surface area (Å²) in [7, 11) is 0. The number of halogens is 3. The Morgan fingerprint density at radius 2 is 1.89 bits per heavy atom. The van der Waals surface area contributed by atoms with Gasteiger partial charge in [0, 0.05) is 37.2 Å². The van der Waals surface area contributed by atoms with Gasteiger partial charge in [0.1, 0.15) is 29.7 Å². The number of carbonyl (C=O) groups excluding carboxylic acids is 1. The van der Waals surface area contributed by atoms with E-state index in [-0.39, 0.29) is 24.5 Å². The number of aromatic nitrogens is 2. The van der Waals surface area contributed by atoms with Crippen molar-refractivity contribution in [1.82, 2.24) is 20.2 Å². The van der Waals surface area contributed by atoms with Crippen LogP contribution >= 0.6 is 0 Å². The fraction of sp³-hybridized carbons (Fsp3) is 0.429. The van der Waals surface area contributed by atoms with Gasteiger partial charge in [0.15, 0.2) is 0 Å². The molecule has 2 aliphatic heterocycles. The van der Waals surface area contributed by atoms with Crippen molar-refractivity contribution in [3.8, 4) is 11.4 Å². The van der Waals surface area contributed by atoms with Crippen LogP contribution in [-0.4, -0.2) is 57.3 Å². The quantitative estimate of drug-likeness (QED) is 0.480. The highest BCUT2D eigenvalue weighted by Crippen LogP contribution is 2.43. The lowest BCUT2D eigenvalue weighted by Crippen LogP contribution is -2.60. The molecule has 3 heterocycles. The summed E-state index contributed by atoms with van der Waals surface area (Å²) in [5, 5.41) is 13.7. The Labute approximate surface area is 213 Å². The lowest BCUT2D eigenvalue weighted by molar-refractivity contribution is -0.155. The van der Waals surface area contributed by atoms with Crippen LogP contribution in [0.15, 0.2) is 48.5 Å². The molecule has 0 aliphatic carbocycles. The first-order valence-electron chi connectivity index (χ1n) is 12.5. The molecule has 0 radical (unpaired) electrons. The number of nitrogens with zero attached hydrogens (tertiary/aromatic N) is 2. The number of likely N-dealkylation sites (tertiary alicyclic amines) is 1. The Hall–Kier alpha value is -3.17. The van der Waals surface area contributed by atoms with E-state index in [0.717, 1.165) is 23.8 Å². The van der Waals surface area contributed by atoms with Gasteiger partial charge in [-0.15, -0.1) is 0 Å². The molecule has 196 valence electrons. The summed E-state index contributed by atoms with van der Waals surface area (Å²) in [6.07, 6.45) is -2.19. The molecule has 5 atom stereocenters. The average molecular weight is 513 g/mol. The molecule has 3 N–H and O–H groups in total. The summed E-state index contributed by atoms with van der Waals surface area (Å²) < 4.78 is 43.6. The van der Waals surface area contributed by atoms with Gasteiger partial charge < -0.3 is 20.3 Å². The Bertz CT molecular complexity index is 1290.